The molecule has 0 unspecified atom stereocenters. The summed E-state index contributed by atoms with van der Waals surface area (Å²) in [4.78, 5) is 32.3. The van der Waals surface area contributed by atoms with Gasteiger partial charge in [0.25, 0.3) is 11.8 Å². The molecule has 4 rings (SSSR count). The molecular weight excluding hydrogens is 457 g/mol. The third kappa shape index (κ3) is 5.41. The number of fused-ring (bicyclic) bond motifs is 1. The van der Waals surface area contributed by atoms with Gasteiger partial charge in [-0.3, -0.25) is 19.4 Å². The summed E-state index contributed by atoms with van der Waals surface area (Å²) in [5.74, 6) is -0.728. The molecule has 188 valence electrons. The van der Waals surface area contributed by atoms with Crippen LogP contribution in [-0.2, 0) is 11.3 Å². The number of halogens is 1. The standard InChI is InChI=1S/C29H32FN3O3/c1-4-22(13-12-21(2)20-36-3)18-33-28(34)24-9-7-11-26(27(24)29(33)35)32-16-14-31(15-17-32)19-23-8-5-6-10-25(23)30/h4-13,20H,14-19H2,1-3H3/b13-12-,21-20+,22-4+. The van der Waals surface area contributed by atoms with Gasteiger partial charge in [-0.2, -0.15) is 0 Å². The third-order valence-electron chi connectivity index (χ3n) is 6.62. The van der Waals surface area contributed by atoms with Crippen molar-refractivity contribution >= 4 is 17.5 Å². The number of benzene rings is 2. The van der Waals surface area contributed by atoms with E-state index in [9.17, 15) is 14.0 Å². The quantitative estimate of drug-likeness (QED) is 0.303. The maximum atomic E-state index is 14.1. The van der Waals surface area contributed by atoms with Crippen molar-refractivity contribution in [3.05, 3.63) is 101 Å². The van der Waals surface area contributed by atoms with Crippen molar-refractivity contribution in [1.82, 2.24) is 9.80 Å². The fourth-order valence-electron chi connectivity index (χ4n) is 4.62. The zero-order valence-electron chi connectivity index (χ0n) is 21.0. The number of ether oxygens (including phenoxy) is 1. The number of imide groups is 1. The molecule has 7 heteroatoms. The van der Waals surface area contributed by atoms with Crippen LogP contribution >= 0.6 is 0 Å². The highest BCUT2D eigenvalue weighted by atomic mass is 19.1. The van der Waals surface area contributed by atoms with E-state index in [1.807, 2.05) is 56.3 Å². The van der Waals surface area contributed by atoms with Gasteiger partial charge < -0.3 is 9.64 Å². The van der Waals surface area contributed by atoms with Crippen LogP contribution in [0.25, 0.3) is 0 Å². The van der Waals surface area contributed by atoms with Gasteiger partial charge in [0.05, 0.1) is 36.7 Å². The normalized spacial score (nSPS) is 17.3. The van der Waals surface area contributed by atoms with E-state index in [0.29, 0.717) is 36.3 Å². The second-order valence-electron chi connectivity index (χ2n) is 9.05. The zero-order valence-corrected chi connectivity index (χ0v) is 21.0. The highest BCUT2D eigenvalue weighted by molar-refractivity contribution is 6.24. The van der Waals surface area contributed by atoms with Gasteiger partial charge in [0, 0.05) is 38.3 Å². The van der Waals surface area contributed by atoms with E-state index >= 15 is 0 Å². The van der Waals surface area contributed by atoms with Crippen molar-refractivity contribution in [2.45, 2.75) is 20.4 Å². The molecule has 2 amide bonds. The number of allylic oxidation sites excluding steroid dienone is 3. The lowest BCUT2D eigenvalue weighted by Gasteiger charge is -2.36. The number of anilines is 1. The van der Waals surface area contributed by atoms with Crippen LogP contribution in [0.4, 0.5) is 10.1 Å². The van der Waals surface area contributed by atoms with E-state index in [0.717, 1.165) is 29.9 Å². The largest absolute Gasteiger partial charge is 0.504 e. The fraction of sp³-hybridized carbons (Fsp3) is 0.310. The average Bonchev–Trinajstić information content (AvgIpc) is 3.13. The Kier molecular flexibility index (Phi) is 8.00. The molecule has 1 saturated heterocycles. The molecule has 0 radical (unpaired) electrons. The van der Waals surface area contributed by atoms with Crippen LogP contribution in [0.15, 0.2) is 78.1 Å². The van der Waals surface area contributed by atoms with Crippen molar-refractivity contribution in [2.75, 3.05) is 44.7 Å². The summed E-state index contributed by atoms with van der Waals surface area (Å²) in [5.41, 5.74) is 4.17. The van der Waals surface area contributed by atoms with E-state index in [1.165, 1.54) is 11.0 Å². The van der Waals surface area contributed by atoms with Crippen LogP contribution in [0, 0.1) is 5.82 Å². The van der Waals surface area contributed by atoms with Gasteiger partial charge in [-0.25, -0.2) is 4.39 Å². The molecule has 36 heavy (non-hydrogen) atoms. The molecule has 1 fully saturated rings. The minimum atomic E-state index is -0.271. The van der Waals surface area contributed by atoms with Crippen molar-refractivity contribution < 1.29 is 18.7 Å². The first kappa shape index (κ1) is 25.4. The minimum Gasteiger partial charge on any atom is -0.504 e. The number of carbonyl (C=O) groups is 2. The van der Waals surface area contributed by atoms with E-state index in [2.05, 4.69) is 9.80 Å². The van der Waals surface area contributed by atoms with Gasteiger partial charge in [-0.05, 0) is 43.2 Å². The minimum absolute atomic E-state index is 0.190. The summed E-state index contributed by atoms with van der Waals surface area (Å²) in [6, 6.07) is 12.3. The maximum absolute atomic E-state index is 14.1. The summed E-state index contributed by atoms with van der Waals surface area (Å²) in [6.45, 7) is 7.43. The smallest absolute Gasteiger partial charge is 0.263 e. The average molecular weight is 490 g/mol. The summed E-state index contributed by atoms with van der Waals surface area (Å²) >= 11 is 0. The van der Waals surface area contributed by atoms with Crippen molar-refractivity contribution in [3.8, 4) is 0 Å². The molecule has 2 aromatic carbocycles. The molecule has 0 N–H and O–H groups in total. The molecule has 6 nitrogen and oxygen atoms in total. The Balaban J connectivity index is 1.46. The number of carbonyl (C=O) groups excluding carboxylic acids is 2. The first-order valence-corrected chi connectivity index (χ1v) is 12.2. The van der Waals surface area contributed by atoms with Crippen molar-refractivity contribution in [3.63, 3.8) is 0 Å². The molecule has 0 spiro atoms. The number of piperazine rings is 1. The first-order valence-electron chi connectivity index (χ1n) is 12.2. The van der Waals surface area contributed by atoms with Gasteiger partial charge in [0.1, 0.15) is 5.82 Å². The second kappa shape index (κ2) is 11.4. The second-order valence-corrected chi connectivity index (χ2v) is 9.05. The predicted molar refractivity (Wildman–Crippen MR) is 139 cm³/mol. The van der Waals surface area contributed by atoms with Gasteiger partial charge in [0.2, 0.25) is 0 Å². The van der Waals surface area contributed by atoms with Gasteiger partial charge in [-0.15, -0.1) is 0 Å². The van der Waals surface area contributed by atoms with Crippen LogP contribution in [-0.4, -0.2) is 61.4 Å². The Morgan fingerprint density at radius 2 is 1.75 bits per heavy atom. The van der Waals surface area contributed by atoms with Crippen molar-refractivity contribution in [1.29, 1.82) is 0 Å². The fourth-order valence-corrected chi connectivity index (χ4v) is 4.62. The van der Waals surface area contributed by atoms with Gasteiger partial charge in [-0.1, -0.05) is 42.5 Å². The number of amides is 2. The lowest BCUT2D eigenvalue weighted by atomic mass is 10.1. The SMILES string of the molecule is C\C=C(/C=C\C(C)=C\OC)CN1C(=O)c2cccc(N3CCN(Cc4ccccc4F)CC3)c2C1=O. The molecular formula is C29H32FN3O3. The lowest BCUT2D eigenvalue weighted by molar-refractivity contribution is 0.0669. The van der Waals surface area contributed by atoms with Crippen LogP contribution in [0.1, 0.15) is 40.1 Å². The Morgan fingerprint density at radius 1 is 1.00 bits per heavy atom. The molecule has 0 aromatic heterocycles. The number of hydrogen-bond acceptors (Lipinski definition) is 5. The van der Waals surface area contributed by atoms with Gasteiger partial charge >= 0.3 is 0 Å². The maximum Gasteiger partial charge on any atom is 0.263 e. The molecule has 2 aromatic rings. The number of hydrogen-bond donors (Lipinski definition) is 0. The lowest BCUT2D eigenvalue weighted by Crippen LogP contribution is -2.46. The zero-order chi connectivity index (χ0) is 25.7. The molecule has 0 bridgehead atoms. The van der Waals surface area contributed by atoms with Crippen LogP contribution in [0.5, 0.6) is 0 Å². The molecule has 0 aliphatic carbocycles. The van der Waals surface area contributed by atoms with Crippen LogP contribution in [0.2, 0.25) is 0 Å². The van der Waals surface area contributed by atoms with E-state index in [4.69, 9.17) is 4.74 Å². The summed E-state index contributed by atoms with van der Waals surface area (Å²) in [5, 5.41) is 0. The highest BCUT2D eigenvalue weighted by Gasteiger charge is 2.38. The molecule has 2 heterocycles. The third-order valence-corrected chi connectivity index (χ3v) is 6.62. The Labute approximate surface area is 211 Å². The summed E-state index contributed by atoms with van der Waals surface area (Å²) < 4.78 is 19.1. The predicted octanol–water partition coefficient (Wildman–Crippen LogP) is 4.80. The van der Waals surface area contributed by atoms with Crippen LogP contribution < -0.4 is 4.90 Å². The Bertz CT molecular complexity index is 1230. The van der Waals surface area contributed by atoms with E-state index < -0.39 is 0 Å². The molecule has 0 saturated carbocycles. The Morgan fingerprint density at radius 3 is 2.44 bits per heavy atom. The van der Waals surface area contributed by atoms with Gasteiger partial charge in [0.15, 0.2) is 0 Å². The monoisotopic (exact) mass is 489 g/mol. The number of methoxy groups -OCH3 is 1. The Hall–Kier alpha value is -3.71. The van der Waals surface area contributed by atoms with Crippen LogP contribution in [0.3, 0.4) is 0 Å². The molecule has 2 aliphatic heterocycles. The topological polar surface area (TPSA) is 53.1 Å². The highest BCUT2D eigenvalue weighted by Crippen LogP contribution is 2.33. The van der Waals surface area contributed by atoms with Crippen molar-refractivity contribution in [2.24, 2.45) is 0 Å². The molecule has 0 atom stereocenters. The van der Waals surface area contributed by atoms with E-state index in [1.54, 1.807) is 25.5 Å². The van der Waals surface area contributed by atoms with E-state index in [-0.39, 0.29) is 24.2 Å². The summed E-state index contributed by atoms with van der Waals surface area (Å²) in [6.07, 6.45) is 7.32. The number of rotatable bonds is 8. The number of nitrogens with zero attached hydrogens (tertiary/aromatic N) is 3. The first-order chi connectivity index (χ1) is 17.4. The molecule has 2 aliphatic rings. The summed E-state index contributed by atoms with van der Waals surface area (Å²) in [7, 11) is 1.59.